The lowest BCUT2D eigenvalue weighted by Crippen LogP contribution is -2.45. The van der Waals surface area contributed by atoms with Gasteiger partial charge in [0.2, 0.25) is 0 Å². The third-order valence-corrected chi connectivity index (χ3v) is 5.45. The van der Waals surface area contributed by atoms with Crippen LogP contribution in [0.25, 0.3) is 0 Å². The Kier molecular flexibility index (Phi) is 6.05. The van der Waals surface area contributed by atoms with Gasteiger partial charge in [-0.3, -0.25) is 4.90 Å². The number of nitrogens with zero attached hydrogens (tertiary/aromatic N) is 1. The van der Waals surface area contributed by atoms with Crippen molar-refractivity contribution in [1.29, 1.82) is 0 Å². The number of benzene rings is 3. The molecule has 1 atom stereocenters. The van der Waals surface area contributed by atoms with Crippen molar-refractivity contribution >= 4 is 0 Å². The first-order chi connectivity index (χ1) is 13.8. The fourth-order valence-corrected chi connectivity index (χ4v) is 3.97. The Morgan fingerprint density at radius 3 is 2.21 bits per heavy atom. The summed E-state index contributed by atoms with van der Waals surface area (Å²) in [5, 5.41) is 3.48. The maximum absolute atomic E-state index is 6.31. The number of para-hydroxylation sites is 1. The summed E-state index contributed by atoms with van der Waals surface area (Å²) in [6, 6.07) is 27.8. The Labute approximate surface area is 168 Å². The highest BCUT2D eigenvalue weighted by Crippen LogP contribution is 2.36. The van der Waals surface area contributed by atoms with Gasteiger partial charge in [0, 0.05) is 31.7 Å². The highest BCUT2D eigenvalue weighted by Gasteiger charge is 2.27. The van der Waals surface area contributed by atoms with Crippen LogP contribution in [0.5, 0.6) is 5.75 Å². The number of nitrogens with one attached hydrogen (secondary N) is 1. The summed E-state index contributed by atoms with van der Waals surface area (Å²) in [5.74, 6) is 0.970. The van der Waals surface area contributed by atoms with Crippen molar-refractivity contribution in [3.05, 3.63) is 101 Å². The fourth-order valence-electron chi connectivity index (χ4n) is 3.97. The van der Waals surface area contributed by atoms with Crippen molar-refractivity contribution in [2.24, 2.45) is 0 Å². The van der Waals surface area contributed by atoms with Crippen LogP contribution < -0.4 is 10.1 Å². The molecule has 1 aliphatic heterocycles. The van der Waals surface area contributed by atoms with E-state index in [2.05, 4.69) is 89.9 Å². The molecule has 1 N–H and O–H groups in total. The van der Waals surface area contributed by atoms with E-state index in [1.54, 1.807) is 0 Å². The molecule has 3 nitrogen and oxygen atoms in total. The molecule has 28 heavy (non-hydrogen) atoms. The predicted octanol–water partition coefficient (Wildman–Crippen LogP) is 4.57. The van der Waals surface area contributed by atoms with Crippen molar-refractivity contribution in [2.45, 2.75) is 19.6 Å². The maximum atomic E-state index is 6.31. The lowest BCUT2D eigenvalue weighted by Gasteiger charge is -2.37. The second kappa shape index (κ2) is 9.05. The molecule has 1 saturated heterocycles. The number of piperazine rings is 1. The molecular weight excluding hydrogens is 344 g/mol. The molecular formula is C25H28N2O. The average molecular weight is 373 g/mol. The molecule has 144 valence electrons. The summed E-state index contributed by atoms with van der Waals surface area (Å²) >= 11 is 0. The van der Waals surface area contributed by atoms with E-state index < -0.39 is 0 Å². The van der Waals surface area contributed by atoms with Crippen molar-refractivity contribution in [1.82, 2.24) is 10.2 Å². The minimum absolute atomic E-state index is 0.204. The molecule has 0 radical (unpaired) electrons. The molecule has 1 unspecified atom stereocenters. The third-order valence-electron chi connectivity index (χ3n) is 5.45. The summed E-state index contributed by atoms with van der Waals surface area (Å²) in [7, 11) is 0. The van der Waals surface area contributed by atoms with Crippen LogP contribution in [0.2, 0.25) is 0 Å². The quantitative estimate of drug-likeness (QED) is 0.686. The van der Waals surface area contributed by atoms with Gasteiger partial charge in [-0.15, -0.1) is 0 Å². The first-order valence-electron chi connectivity index (χ1n) is 10.1. The van der Waals surface area contributed by atoms with Crippen LogP contribution in [-0.2, 0) is 6.61 Å². The number of ether oxygens (including phenoxy) is 1. The minimum atomic E-state index is 0.204. The highest BCUT2D eigenvalue weighted by molar-refractivity contribution is 5.44. The molecule has 3 heteroatoms. The van der Waals surface area contributed by atoms with E-state index in [4.69, 9.17) is 4.74 Å². The Bertz CT molecular complexity index is 888. The summed E-state index contributed by atoms with van der Waals surface area (Å²) in [6.07, 6.45) is 0. The van der Waals surface area contributed by atoms with Gasteiger partial charge in [0.05, 0.1) is 6.04 Å². The molecule has 0 saturated carbocycles. The van der Waals surface area contributed by atoms with Gasteiger partial charge < -0.3 is 10.1 Å². The fraction of sp³-hybridized carbons (Fsp3) is 0.280. The highest BCUT2D eigenvalue weighted by atomic mass is 16.5. The van der Waals surface area contributed by atoms with Gasteiger partial charge in [0.15, 0.2) is 0 Å². The van der Waals surface area contributed by atoms with E-state index in [0.717, 1.165) is 31.9 Å². The Morgan fingerprint density at radius 2 is 1.46 bits per heavy atom. The summed E-state index contributed by atoms with van der Waals surface area (Å²) in [4.78, 5) is 2.57. The minimum Gasteiger partial charge on any atom is -0.489 e. The first-order valence-corrected chi connectivity index (χ1v) is 10.1. The topological polar surface area (TPSA) is 24.5 Å². The van der Waals surface area contributed by atoms with Crippen molar-refractivity contribution in [2.75, 3.05) is 26.2 Å². The van der Waals surface area contributed by atoms with Gasteiger partial charge in [0.1, 0.15) is 12.4 Å². The van der Waals surface area contributed by atoms with Crippen LogP contribution in [0.4, 0.5) is 0 Å². The lowest BCUT2D eigenvalue weighted by molar-refractivity contribution is 0.192. The standard InChI is InChI=1S/C25H28N2O/c1-20-9-5-6-12-22(20)25(27-17-15-26-16-18-27)23-13-7-8-14-24(23)28-19-21-10-3-2-4-11-21/h2-14,25-26H,15-19H2,1H3. The molecule has 1 aliphatic rings. The second-order valence-corrected chi connectivity index (χ2v) is 7.36. The smallest absolute Gasteiger partial charge is 0.124 e. The van der Waals surface area contributed by atoms with Crippen LogP contribution in [-0.4, -0.2) is 31.1 Å². The van der Waals surface area contributed by atoms with Gasteiger partial charge in [-0.25, -0.2) is 0 Å². The van der Waals surface area contributed by atoms with Crippen LogP contribution >= 0.6 is 0 Å². The predicted molar refractivity (Wildman–Crippen MR) is 115 cm³/mol. The Hall–Kier alpha value is -2.62. The Morgan fingerprint density at radius 1 is 0.821 bits per heavy atom. The lowest BCUT2D eigenvalue weighted by atomic mass is 9.92. The molecule has 0 spiro atoms. The van der Waals surface area contributed by atoms with E-state index >= 15 is 0 Å². The molecule has 4 rings (SSSR count). The van der Waals surface area contributed by atoms with Crippen molar-refractivity contribution in [3.63, 3.8) is 0 Å². The van der Waals surface area contributed by atoms with E-state index in [9.17, 15) is 0 Å². The van der Waals surface area contributed by atoms with Crippen LogP contribution in [0, 0.1) is 6.92 Å². The SMILES string of the molecule is Cc1ccccc1C(c1ccccc1OCc1ccccc1)N1CCNCC1. The average Bonchev–Trinajstić information content (AvgIpc) is 2.76. The maximum Gasteiger partial charge on any atom is 0.124 e. The van der Waals surface area contributed by atoms with E-state index in [1.807, 2.05) is 6.07 Å². The second-order valence-electron chi connectivity index (χ2n) is 7.36. The number of hydrogen-bond acceptors (Lipinski definition) is 3. The molecule has 1 fully saturated rings. The summed E-state index contributed by atoms with van der Waals surface area (Å²) in [5.41, 5.74) is 5.12. The molecule has 1 heterocycles. The molecule has 0 aromatic heterocycles. The van der Waals surface area contributed by atoms with Crippen molar-refractivity contribution < 1.29 is 4.74 Å². The van der Waals surface area contributed by atoms with Gasteiger partial charge in [0.25, 0.3) is 0 Å². The zero-order valence-electron chi connectivity index (χ0n) is 16.5. The van der Waals surface area contributed by atoms with Crippen molar-refractivity contribution in [3.8, 4) is 5.75 Å². The third kappa shape index (κ3) is 4.27. The molecule has 0 amide bonds. The zero-order valence-corrected chi connectivity index (χ0v) is 16.5. The number of aryl methyl sites for hydroxylation is 1. The molecule has 3 aromatic carbocycles. The van der Waals surface area contributed by atoms with Gasteiger partial charge >= 0.3 is 0 Å². The van der Waals surface area contributed by atoms with Crippen LogP contribution in [0.3, 0.4) is 0 Å². The number of hydrogen-bond donors (Lipinski definition) is 1. The molecule has 0 bridgehead atoms. The normalized spacial score (nSPS) is 15.9. The van der Waals surface area contributed by atoms with Gasteiger partial charge in [-0.05, 0) is 29.7 Å². The zero-order chi connectivity index (χ0) is 19.2. The van der Waals surface area contributed by atoms with E-state index in [1.165, 1.54) is 22.3 Å². The van der Waals surface area contributed by atoms with Crippen LogP contribution in [0.15, 0.2) is 78.9 Å². The first kappa shape index (κ1) is 18.7. The van der Waals surface area contributed by atoms with Gasteiger partial charge in [-0.2, -0.15) is 0 Å². The van der Waals surface area contributed by atoms with Gasteiger partial charge in [-0.1, -0.05) is 72.8 Å². The molecule has 0 aliphatic carbocycles. The molecule has 3 aromatic rings. The van der Waals surface area contributed by atoms with E-state index in [0.29, 0.717) is 6.61 Å². The number of rotatable bonds is 6. The Balaban J connectivity index is 1.69. The summed E-state index contributed by atoms with van der Waals surface area (Å²) in [6.45, 7) is 6.90. The summed E-state index contributed by atoms with van der Waals surface area (Å²) < 4.78 is 6.31. The van der Waals surface area contributed by atoms with E-state index in [-0.39, 0.29) is 6.04 Å². The largest absolute Gasteiger partial charge is 0.489 e. The van der Waals surface area contributed by atoms with Crippen LogP contribution in [0.1, 0.15) is 28.3 Å². The monoisotopic (exact) mass is 372 g/mol.